The van der Waals surface area contributed by atoms with Crippen molar-refractivity contribution >= 4 is 11.9 Å². The van der Waals surface area contributed by atoms with Gasteiger partial charge in [-0.3, -0.25) is 14.9 Å². The monoisotopic (exact) mass is 319 g/mol. The van der Waals surface area contributed by atoms with Crippen LogP contribution in [-0.2, 0) is 19.1 Å². The Kier molecular flexibility index (Phi) is 5.42. The zero-order chi connectivity index (χ0) is 17.0. The molecule has 1 N–H and O–H groups in total. The molecule has 1 saturated heterocycles. The summed E-state index contributed by atoms with van der Waals surface area (Å²) in [4.78, 5) is 24.7. The van der Waals surface area contributed by atoms with Gasteiger partial charge in [0, 0.05) is 6.04 Å². The molecular weight excluding hydrogens is 294 g/mol. The molecular formula is C18H25NO4. The second kappa shape index (κ2) is 7.13. The SMILES string of the molecule is COC(=O)[C@H]1C[C@](CC(C)C)(C(=O)OC)N[C@@H]1c1ccccc1. The number of carbonyl (C=O) groups excluding carboxylic acids is 2. The molecule has 1 aromatic carbocycles. The highest BCUT2D eigenvalue weighted by molar-refractivity contribution is 5.84. The van der Waals surface area contributed by atoms with Crippen LogP contribution in [0.4, 0.5) is 0 Å². The standard InChI is InChI=1S/C18H25NO4/c1-12(2)10-18(17(21)23-4)11-14(16(20)22-3)15(19-18)13-8-6-5-7-9-13/h5-9,12,14-15,19H,10-11H2,1-4H3/t14-,15+,18+/m0/s1. The minimum atomic E-state index is -0.859. The van der Waals surface area contributed by atoms with Crippen LogP contribution in [0.1, 0.15) is 38.3 Å². The molecule has 0 spiro atoms. The lowest BCUT2D eigenvalue weighted by atomic mass is 9.84. The first-order chi connectivity index (χ1) is 10.9. The van der Waals surface area contributed by atoms with Gasteiger partial charge in [0.2, 0.25) is 0 Å². The van der Waals surface area contributed by atoms with Gasteiger partial charge >= 0.3 is 11.9 Å². The number of carbonyl (C=O) groups is 2. The molecule has 0 amide bonds. The average molecular weight is 319 g/mol. The summed E-state index contributed by atoms with van der Waals surface area (Å²) in [7, 11) is 2.76. The fraction of sp³-hybridized carbons (Fsp3) is 0.556. The normalized spacial score (nSPS) is 27.0. The third-order valence-corrected chi connectivity index (χ3v) is 4.40. The maximum absolute atomic E-state index is 12.5. The maximum atomic E-state index is 12.5. The summed E-state index contributed by atoms with van der Waals surface area (Å²) in [5.41, 5.74) is 0.111. The van der Waals surface area contributed by atoms with Gasteiger partial charge in [0.1, 0.15) is 5.54 Å². The number of hydrogen-bond acceptors (Lipinski definition) is 5. The first-order valence-electron chi connectivity index (χ1n) is 7.92. The molecule has 1 aromatic rings. The number of nitrogens with one attached hydrogen (secondary N) is 1. The highest BCUT2D eigenvalue weighted by Gasteiger charge is 2.53. The smallest absolute Gasteiger partial charge is 0.326 e. The van der Waals surface area contributed by atoms with Gasteiger partial charge < -0.3 is 9.47 Å². The van der Waals surface area contributed by atoms with Gasteiger partial charge in [-0.2, -0.15) is 0 Å². The summed E-state index contributed by atoms with van der Waals surface area (Å²) in [6.07, 6.45) is 0.987. The Morgan fingerprint density at radius 3 is 2.39 bits per heavy atom. The van der Waals surface area contributed by atoms with E-state index in [1.807, 2.05) is 30.3 Å². The highest BCUT2D eigenvalue weighted by Crippen LogP contribution is 2.42. The Morgan fingerprint density at radius 2 is 1.87 bits per heavy atom. The molecule has 0 unspecified atom stereocenters. The van der Waals surface area contributed by atoms with Crippen LogP contribution in [0.2, 0.25) is 0 Å². The van der Waals surface area contributed by atoms with E-state index in [0.29, 0.717) is 12.8 Å². The molecule has 0 bridgehead atoms. The van der Waals surface area contributed by atoms with Crippen molar-refractivity contribution in [3.63, 3.8) is 0 Å². The Balaban J connectivity index is 2.41. The van der Waals surface area contributed by atoms with Crippen molar-refractivity contribution in [3.8, 4) is 0 Å². The Labute approximate surface area is 137 Å². The van der Waals surface area contributed by atoms with E-state index in [1.165, 1.54) is 14.2 Å². The molecule has 1 aliphatic heterocycles. The van der Waals surface area contributed by atoms with Crippen molar-refractivity contribution in [1.29, 1.82) is 0 Å². The van der Waals surface area contributed by atoms with E-state index in [2.05, 4.69) is 19.2 Å². The van der Waals surface area contributed by atoms with E-state index < -0.39 is 11.5 Å². The van der Waals surface area contributed by atoms with Gasteiger partial charge in [-0.25, -0.2) is 0 Å². The van der Waals surface area contributed by atoms with Crippen LogP contribution in [0.5, 0.6) is 0 Å². The van der Waals surface area contributed by atoms with Crippen LogP contribution >= 0.6 is 0 Å². The minimum absolute atomic E-state index is 0.263. The van der Waals surface area contributed by atoms with E-state index >= 15 is 0 Å². The second-order valence-corrected chi connectivity index (χ2v) is 6.54. The molecule has 0 saturated carbocycles. The van der Waals surface area contributed by atoms with Crippen molar-refractivity contribution in [2.45, 2.75) is 38.3 Å². The number of rotatable bonds is 5. The van der Waals surface area contributed by atoms with Crippen LogP contribution in [0.25, 0.3) is 0 Å². The van der Waals surface area contributed by atoms with E-state index in [9.17, 15) is 9.59 Å². The minimum Gasteiger partial charge on any atom is -0.469 e. The molecule has 23 heavy (non-hydrogen) atoms. The zero-order valence-corrected chi connectivity index (χ0v) is 14.2. The van der Waals surface area contributed by atoms with E-state index in [-0.39, 0.29) is 23.9 Å². The maximum Gasteiger partial charge on any atom is 0.326 e. The largest absolute Gasteiger partial charge is 0.469 e. The van der Waals surface area contributed by atoms with Gasteiger partial charge in [-0.05, 0) is 24.3 Å². The zero-order valence-electron chi connectivity index (χ0n) is 14.2. The lowest BCUT2D eigenvalue weighted by Crippen LogP contribution is -2.49. The van der Waals surface area contributed by atoms with Crippen LogP contribution < -0.4 is 5.32 Å². The lowest BCUT2D eigenvalue weighted by molar-refractivity contribution is -0.149. The molecule has 1 aliphatic rings. The highest BCUT2D eigenvalue weighted by atomic mass is 16.5. The molecule has 5 heteroatoms. The number of benzene rings is 1. The molecule has 1 fully saturated rings. The topological polar surface area (TPSA) is 64.6 Å². The second-order valence-electron chi connectivity index (χ2n) is 6.54. The summed E-state index contributed by atoms with van der Waals surface area (Å²) < 4.78 is 10.00. The summed E-state index contributed by atoms with van der Waals surface area (Å²) in [6.45, 7) is 4.10. The van der Waals surface area contributed by atoms with Crippen molar-refractivity contribution in [1.82, 2.24) is 5.32 Å². The number of ether oxygens (including phenoxy) is 2. The first kappa shape index (κ1) is 17.5. The summed E-state index contributed by atoms with van der Waals surface area (Å²) in [6, 6.07) is 9.42. The Morgan fingerprint density at radius 1 is 1.22 bits per heavy atom. The molecule has 2 rings (SSSR count). The summed E-state index contributed by atoms with van der Waals surface area (Å²) >= 11 is 0. The quantitative estimate of drug-likeness (QED) is 0.845. The summed E-state index contributed by atoms with van der Waals surface area (Å²) in [5, 5.41) is 3.39. The third kappa shape index (κ3) is 3.55. The molecule has 5 nitrogen and oxygen atoms in total. The first-order valence-corrected chi connectivity index (χ1v) is 7.92. The van der Waals surface area contributed by atoms with Gasteiger partial charge in [0.15, 0.2) is 0 Å². The van der Waals surface area contributed by atoms with Gasteiger partial charge in [-0.1, -0.05) is 44.2 Å². The molecule has 3 atom stereocenters. The molecule has 126 valence electrons. The predicted molar refractivity (Wildman–Crippen MR) is 86.6 cm³/mol. The fourth-order valence-electron chi connectivity index (χ4n) is 3.56. The van der Waals surface area contributed by atoms with Crippen LogP contribution in [0.15, 0.2) is 30.3 Å². The third-order valence-electron chi connectivity index (χ3n) is 4.40. The molecule has 0 radical (unpaired) electrons. The van der Waals surface area contributed by atoms with Gasteiger partial charge in [0.05, 0.1) is 20.1 Å². The lowest BCUT2D eigenvalue weighted by Gasteiger charge is -2.29. The number of methoxy groups -OCH3 is 2. The number of hydrogen-bond donors (Lipinski definition) is 1. The van der Waals surface area contributed by atoms with Gasteiger partial charge in [0.25, 0.3) is 0 Å². The average Bonchev–Trinajstić information content (AvgIpc) is 2.94. The van der Waals surface area contributed by atoms with Crippen LogP contribution in [0.3, 0.4) is 0 Å². The Bertz CT molecular complexity index is 557. The van der Waals surface area contributed by atoms with Crippen molar-refractivity contribution < 1.29 is 19.1 Å². The molecule has 1 heterocycles. The van der Waals surface area contributed by atoms with E-state index in [4.69, 9.17) is 9.47 Å². The van der Waals surface area contributed by atoms with Gasteiger partial charge in [-0.15, -0.1) is 0 Å². The fourth-order valence-corrected chi connectivity index (χ4v) is 3.56. The molecule has 0 aromatic heterocycles. The predicted octanol–water partition coefficient (Wildman–Crippen LogP) is 2.47. The van der Waals surface area contributed by atoms with Crippen molar-refractivity contribution in [2.24, 2.45) is 11.8 Å². The van der Waals surface area contributed by atoms with Crippen molar-refractivity contribution in [2.75, 3.05) is 14.2 Å². The summed E-state index contributed by atoms with van der Waals surface area (Å²) in [5.74, 6) is -0.755. The Hall–Kier alpha value is -1.88. The van der Waals surface area contributed by atoms with Crippen molar-refractivity contribution in [3.05, 3.63) is 35.9 Å². The van der Waals surface area contributed by atoms with Crippen LogP contribution in [-0.4, -0.2) is 31.7 Å². The number of esters is 2. The van der Waals surface area contributed by atoms with E-state index in [0.717, 1.165) is 5.56 Å². The van der Waals surface area contributed by atoms with E-state index in [1.54, 1.807) is 0 Å². The van der Waals surface area contributed by atoms with Crippen LogP contribution in [0, 0.1) is 11.8 Å². The molecule has 0 aliphatic carbocycles.